The predicted octanol–water partition coefficient (Wildman–Crippen LogP) is 2.55. The van der Waals surface area contributed by atoms with Gasteiger partial charge in [0.15, 0.2) is 17.3 Å². The van der Waals surface area contributed by atoms with E-state index in [0.717, 1.165) is 19.3 Å². The molecule has 3 unspecified atom stereocenters. The maximum absolute atomic E-state index is 14.2. The number of rotatable bonds is 3. The molecule has 3 heterocycles. The molecule has 1 aromatic heterocycles. The zero-order chi connectivity index (χ0) is 18.3. The van der Waals surface area contributed by atoms with E-state index in [1.165, 1.54) is 24.5 Å². The SMILES string of the molecule is O=C(NC1CC2CCC1N(C(=O)c1cccc(O)c1F)C2)c1ccco1. The van der Waals surface area contributed by atoms with Crippen molar-refractivity contribution in [3.63, 3.8) is 0 Å². The Labute approximate surface area is 149 Å². The van der Waals surface area contributed by atoms with Crippen LogP contribution in [0, 0.1) is 11.7 Å². The summed E-state index contributed by atoms with van der Waals surface area (Å²) in [5, 5.41) is 12.5. The van der Waals surface area contributed by atoms with Crippen LogP contribution in [0.15, 0.2) is 41.0 Å². The van der Waals surface area contributed by atoms with Gasteiger partial charge >= 0.3 is 0 Å². The monoisotopic (exact) mass is 358 g/mol. The third-order valence-electron chi connectivity index (χ3n) is 5.31. The highest BCUT2D eigenvalue weighted by Crippen LogP contribution is 2.36. The second-order valence-corrected chi connectivity index (χ2v) is 6.90. The van der Waals surface area contributed by atoms with Crippen molar-refractivity contribution in [1.29, 1.82) is 0 Å². The smallest absolute Gasteiger partial charge is 0.287 e. The number of carbonyl (C=O) groups is 2. The Balaban J connectivity index is 1.55. The molecule has 2 saturated heterocycles. The van der Waals surface area contributed by atoms with Crippen molar-refractivity contribution >= 4 is 11.8 Å². The van der Waals surface area contributed by atoms with Crippen LogP contribution in [0.5, 0.6) is 5.75 Å². The Morgan fingerprint density at radius 2 is 2.08 bits per heavy atom. The minimum absolute atomic E-state index is 0.145. The van der Waals surface area contributed by atoms with Crippen molar-refractivity contribution < 1.29 is 23.5 Å². The number of nitrogens with zero attached hydrogens (tertiary/aromatic N) is 1. The maximum atomic E-state index is 14.2. The molecular formula is C19H19FN2O4. The summed E-state index contributed by atoms with van der Waals surface area (Å²) in [5.41, 5.74) is -0.145. The number of amides is 2. The lowest BCUT2D eigenvalue weighted by Gasteiger charge is -2.50. The molecule has 2 aliphatic heterocycles. The number of carbonyl (C=O) groups excluding carboxylic acids is 2. The van der Waals surface area contributed by atoms with E-state index in [1.807, 2.05) is 0 Å². The van der Waals surface area contributed by atoms with Crippen molar-refractivity contribution in [2.24, 2.45) is 5.92 Å². The highest BCUT2D eigenvalue weighted by atomic mass is 19.1. The van der Waals surface area contributed by atoms with Gasteiger partial charge in [-0.05, 0) is 49.4 Å². The molecule has 136 valence electrons. The average molecular weight is 358 g/mol. The molecule has 3 aliphatic rings. The van der Waals surface area contributed by atoms with E-state index in [2.05, 4.69) is 5.32 Å². The van der Waals surface area contributed by atoms with Crippen LogP contribution in [0.25, 0.3) is 0 Å². The van der Waals surface area contributed by atoms with E-state index in [4.69, 9.17) is 4.42 Å². The predicted molar refractivity (Wildman–Crippen MR) is 90.2 cm³/mol. The number of fused-ring (bicyclic) bond motifs is 3. The topological polar surface area (TPSA) is 82.8 Å². The zero-order valence-corrected chi connectivity index (χ0v) is 14.0. The van der Waals surface area contributed by atoms with E-state index < -0.39 is 17.5 Å². The standard InChI is InChI=1S/C19H19FN2O4/c20-17-12(3-1-4-15(17)23)19(25)22-10-11-6-7-14(22)13(9-11)21-18(24)16-5-2-8-26-16/h1-5,8,11,13-14,23H,6-7,9-10H2,(H,21,24). The van der Waals surface area contributed by atoms with Crippen LogP contribution in [0.4, 0.5) is 4.39 Å². The van der Waals surface area contributed by atoms with Crippen LogP contribution in [0.3, 0.4) is 0 Å². The normalized spacial score (nSPS) is 24.5. The molecule has 1 saturated carbocycles. The number of phenols is 1. The van der Waals surface area contributed by atoms with Crippen molar-refractivity contribution in [2.75, 3.05) is 6.54 Å². The van der Waals surface area contributed by atoms with Gasteiger partial charge in [-0.15, -0.1) is 0 Å². The van der Waals surface area contributed by atoms with Crippen LogP contribution >= 0.6 is 0 Å². The van der Waals surface area contributed by atoms with Gasteiger partial charge in [-0.1, -0.05) is 6.07 Å². The van der Waals surface area contributed by atoms with Gasteiger partial charge in [0.05, 0.1) is 23.9 Å². The molecule has 3 atom stereocenters. The van der Waals surface area contributed by atoms with Gasteiger partial charge in [0.25, 0.3) is 11.8 Å². The van der Waals surface area contributed by atoms with E-state index in [-0.39, 0.29) is 35.2 Å². The van der Waals surface area contributed by atoms with Crippen LogP contribution in [0.2, 0.25) is 0 Å². The molecule has 1 aromatic carbocycles. The molecule has 2 aromatic rings. The molecule has 6 nitrogen and oxygen atoms in total. The van der Waals surface area contributed by atoms with Gasteiger partial charge in [0.2, 0.25) is 0 Å². The lowest BCUT2D eigenvalue weighted by Crippen LogP contribution is -2.62. The third kappa shape index (κ3) is 2.83. The first-order chi connectivity index (χ1) is 12.5. The highest BCUT2D eigenvalue weighted by Gasteiger charge is 2.44. The first-order valence-corrected chi connectivity index (χ1v) is 8.67. The van der Waals surface area contributed by atoms with Crippen LogP contribution < -0.4 is 5.32 Å². The van der Waals surface area contributed by atoms with Crippen LogP contribution in [-0.4, -0.2) is 40.4 Å². The highest BCUT2D eigenvalue weighted by molar-refractivity contribution is 5.95. The summed E-state index contributed by atoms with van der Waals surface area (Å²) in [6, 6.07) is 6.85. The quantitative estimate of drug-likeness (QED) is 0.883. The van der Waals surface area contributed by atoms with E-state index in [9.17, 15) is 19.1 Å². The summed E-state index contributed by atoms with van der Waals surface area (Å²) in [6.07, 6.45) is 3.94. The molecule has 7 heteroatoms. The minimum atomic E-state index is -0.907. The molecule has 3 fully saturated rings. The molecule has 1 aliphatic carbocycles. The van der Waals surface area contributed by atoms with Gasteiger partial charge in [0.1, 0.15) is 0 Å². The number of benzene rings is 1. The van der Waals surface area contributed by atoms with E-state index >= 15 is 0 Å². The molecule has 0 spiro atoms. The fraction of sp³-hybridized carbons (Fsp3) is 0.368. The summed E-state index contributed by atoms with van der Waals surface area (Å²) in [5.74, 6) is -1.74. The number of phenolic OH excluding ortho intramolecular Hbond substituents is 1. The summed E-state index contributed by atoms with van der Waals surface area (Å²) in [7, 11) is 0. The number of aromatic hydroxyl groups is 1. The second-order valence-electron chi connectivity index (χ2n) is 6.90. The third-order valence-corrected chi connectivity index (χ3v) is 5.31. The van der Waals surface area contributed by atoms with Gasteiger partial charge < -0.3 is 19.7 Å². The first-order valence-electron chi connectivity index (χ1n) is 8.67. The van der Waals surface area contributed by atoms with Crippen molar-refractivity contribution in [2.45, 2.75) is 31.3 Å². The van der Waals surface area contributed by atoms with Gasteiger partial charge in [-0.3, -0.25) is 9.59 Å². The first kappa shape index (κ1) is 16.6. The average Bonchev–Trinajstić information content (AvgIpc) is 3.19. The lowest BCUT2D eigenvalue weighted by atomic mass is 9.76. The van der Waals surface area contributed by atoms with Gasteiger partial charge in [-0.25, -0.2) is 4.39 Å². The Morgan fingerprint density at radius 1 is 1.23 bits per heavy atom. The van der Waals surface area contributed by atoms with E-state index in [0.29, 0.717) is 6.54 Å². The molecule has 0 radical (unpaired) electrons. The largest absolute Gasteiger partial charge is 0.505 e. The fourth-order valence-corrected chi connectivity index (χ4v) is 4.07. The van der Waals surface area contributed by atoms with Gasteiger partial charge in [-0.2, -0.15) is 0 Å². The summed E-state index contributed by atoms with van der Waals surface area (Å²) >= 11 is 0. The van der Waals surface area contributed by atoms with Crippen LogP contribution in [-0.2, 0) is 0 Å². The van der Waals surface area contributed by atoms with Crippen LogP contribution in [0.1, 0.15) is 40.2 Å². The number of piperidine rings is 2. The molecular weight excluding hydrogens is 339 g/mol. The molecule has 2 bridgehead atoms. The Kier molecular flexibility index (Phi) is 4.14. The van der Waals surface area contributed by atoms with Crippen molar-refractivity contribution in [3.8, 4) is 5.75 Å². The van der Waals surface area contributed by atoms with Gasteiger partial charge in [0, 0.05) is 6.54 Å². The number of furan rings is 1. The Morgan fingerprint density at radius 3 is 2.81 bits per heavy atom. The Hall–Kier alpha value is -2.83. The molecule has 2 amide bonds. The number of hydrogen-bond acceptors (Lipinski definition) is 4. The van der Waals surface area contributed by atoms with Crippen molar-refractivity contribution in [1.82, 2.24) is 10.2 Å². The van der Waals surface area contributed by atoms with E-state index in [1.54, 1.807) is 17.0 Å². The Bertz CT molecular complexity index is 836. The minimum Gasteiger partial charge on any atom is -0.505 e. The lowest BCUT2D eigenvalue weighted by molar-refractivity contribution is 0.0169. The second kappa shape index (κ2) is 6.48. The number of halogens is 1. The summed E-state index contributed by atoms with van der Waals surface area (Å²) < 4.78 is 19.3. The molecule has 2 N–H and O–H groups in total. The van der Waals surface area contributed by atoms with Crippen molar-refractivity contribution in [3.05, 3.63) is 53.7 Å². The summed E-state index contributed by atoms with van der Waals surface area (Å²) in [4.78, 5) is 26.8. The number of hydrogen-bond donors (Lipinski definition) is 2. The fourth-order valence-electron chi connectivity index (χ4n) is 4.07. The molecule has 5 rings (SSSR count). The maximum Gasteiger partial charge on any atom is 0.287 e. The molecule has 26 heavy (non-hydrogen) atoms. The summed E-state index contributed by atoms with van der Waals surface area (Å²) in [6.45, 7) is 0.533. The number of nitrogens with one attached hydrogen (secondary N) is 1. The zero-order valence-electron chi connectivity index (χ0n) is 14.0.